The van der Waals surface area contributed by atoms with E-state index in [0.717, 1.165) is 12.1 Å². The average molecular weight is 275 g/mol. The minimum absolute atomic E-state index is 0.262. The van der Waals surface area contributed by atoms with Gasteiger partial charge in [0.2, 0.25) is 0 Å². The van der Waals surface area contributed by atoms with E-state index in [0.29, 0.717) is 5.56 Å². The molecule has 19 heavy (non-hydrogen) atoms. The van der Waals surface area contributed by atoms with E-state index < -0.39 is 17.8 Å². The van der Waals surface area contributed by atoms with E-state index in [1.54, 1.807) is 6.07 Å². The zero-order valence-corrected chi connectivity index (χ0v) is 11.6. The molecule has 0 aliphatic carbocycles. The third-order valence-electron chi connectivity index (χ3n) is 3.03. The first-order chi connectivity index (χ1) is 8.57. The molecule has 0 aromatic heterocycles. The highest BCUT2D eigenvalue weighted by molar-refractivity contribution is 5.28. The summed E-state index contributed by atoms with van der Waals surface area (Å²) in [5.41, 5.74) is 5.53. The number of ether oxygens (including phenoxy) is 1. The SMILES string of the molecule is COC(C(N)c1cccc(C(F)(F)F)c1)C(C)(C)C. The molecule has 0 saturated carbocycles. The smallest absolute Gasteiger partial charge is 0.379 e. The van der Waals surface area contributed by atoms with Gasteiger partial charge in [-0.05, 0) is 23.1 Å². The second kappa shape index (κ2) is 5.51. The van der Waals surface area contributed by atoms with Gasteiger partial charge in [-0.25, -0.2) is 0 Å². The van der Waals surface area contributed by atoms with Gasteiger partial charge in [0.05, 0.1) is 17.7 Å². The molecule has 1 aromatic rings. The van der Waals surface area contributed by atoms with E-state index in [4.69, 9.17) is 10.5 Å². The van der Waals surface area contributed by atoms with E-state index in [1.165, 1.54) is 13.2 Å². The van der Waals surface area contributed by atoms with Crippen LogP contribution in [0.3, 0.4) is 0 Å². The fourth-order valence-electron chi connectivity index (χ4n) is 2.14. The summed E-state index contributed by atoms with van der Waals surface area (Å²) in [6.07, 6.45) is -4.73. The Bertz CT molecular complexity index is 423. The zero-order chi connectivity index (χ0) is 14.8. The van der Waals surface area contributed by atoms with Gasteiger partial charge < -0.3 is 10.5 Å². The van der Waals surface area contributed by atoms with Crippen LogP contribution in [0.4, 0.5) is 13.2 Å². The number of nitrogens with two attached hydrogens (primary N) is 1. The minimum Gasteiger partial charge on any atom is -0.379 e. The first kappa shape index (κ1) is 16.0. The van der Waals surface area contributed by atoms with Crippen LogP contribution in [0.5, 0.6) is 0 Å². The fraction of sp³-hybridized carbons (Fsp3) is 0.571. The monoisotopic (exact) mass is 275 g/mol. The molecule has 1 aromatic carbocycles. The molecule has 5 heteroatoms. The molecule has 0 fully saturated rings. The van der Waals surface area contributed by atoms with E-state index in [2.05, 4.69) is 0 Å². The van der Waals surface area contributed by atoms with Crippen LogP contribution in [0.2, 0.25) is 0 Å². The minimum atomic E-state index is -4.36. The van der Waals surface area contributed by atoms with Gasteiger partial charge in [-0.1, -0.05) is 32.9 Å². The number of hydrogen-bond acceptors (Lipinski definition) is 2. The van der Waals surface area contributed by atoms with Crippen molar-refractivity contribution in [3.8, 4) is 0 Å². The summed E-state index contributed by atoms with van der Waals surface area (Å²) in [6, 6.07) is 4.48. The number of benzene rings is 1. The molecule has 0 aliphatic rings. The van der Waals surface area contributed by atoms with E-state index in [9.17, 15) is 13.2 Å². The molecule has 0 amide bonds. The Balaban J connectivity index is 3.09. The molecule has 0 radical (unpaired) electrons. The Labute approximate surface area is 111 Å². The highest BCUT2D eigenvalue weighted by atomic mass is 19.4. The van der Waals surface area contributed by atoms with Gasteiger partial charge in [0.15, 0.2) is 0 Å². The topological polar surface area (TPSA) is 35.2 Å². The Morgan fingerprint density at radius 3 is 2.16 bits per heavy atom. The van der Waals surface area contributed by atoms with Crippen LogP contribution >= 0.6 is 0 Å². The lowest BCUT2D eigenvalue weighted by Gasteiger charge is -2.34. The number of rotatable bonds is 3. The normalized spacial score (nSPS) is 16.2. The summed E-state index contributed by atoms with van der Waals surface area (Å²) in [4.78, 5) is 0. The first-order valence-corrected chi connectivity index (χ1v) is 6.03. The molecular weight excluding hydrogens is 255 g/mol. The highest BCUT2D eigenvalue weighted by Gasteiger charge is 2.34. The number of halogens is 3. The molecule has 0 bridgehead atoms. The zero-order valence-electron chi connectivity index (χ0n) is 11.6. The van der Waals surface area contributed by atoms with E-state index in [-0.39, 0.29) is 11.5 Å². The van der Waals surface area contributed by atoms with Crippen LogP contribution in [0.1, 0.15) is 37.9 Å². The van der Waals surface area contributed by atoms with Crippen molar-refractivity contribution in [3.05, 3.63) is 35.4 Å². The van der Waals surface area contributed by atoms with Crippen molar-refractivity contribution >= 4 is 0 Å². The third kappa shape index (κ3) is 3.94. The summed E-state index contributed by atoms with van der Waals surface area (Å²) in [5.74, 6) is 0. The van der Waals surface area contributed by atoms with Gasteiger partial charge >= 0.3 is 6.18 Å². The maximum Gasteiger partial charge on any atom is 0.416 e. The lowest BCUT2D eigenvalue weighted by Crippen LogP contribution is -2.38. The van der Waals surface area contributed by atoms with Crippen molar-refractivity contribution in [2.24, 2.45) is 11.1 Å². The number of alkyl halides is 3. The van der Waals surface area contributed by atoms with Crippen LogP contribution in [-0.2, 0) is 10.9 Å². The summed E-state index contributed by atoms with van der Waals surface area (Å²) in [5, 5.41) is 0. The quantitative estimate of drug-likeness (QED) is 0.911. The molecule has 0 saturated heterocycles. The Hall–Kier alpha value is -1.07. The summed E-state index contributed by atoms with van der Waals surface area (Å²) >= 11 is 0. The summed E-state index contributed by atoms with van der Waals surface area (Å²) < 4.78 is 43.4. The maximum absolute atomic E-state index is 12.7. The summed E-state index contributed by atoms with van der Waals surface area (Å²) in [7, 11) is 1.52. The Morgan fingerprint density at radius 1 is 1.16 bits per heavy atom. The predicted molar refractivity (Wildman–Crippen MR) is 68.6 cm³/mol. The van der Waals surface area contributed by atoms with Gasteiger partial charge in [-0.2, -0.15) is 13.2 Å². The highest BCUT2D eigenvalue weighted by Crippen LogP contribution is 2.34. The maximum atomic E-state index is 12.7. The van der Waals surface area contributed by atoms with Gasteiger partial charge in [0.25, 0.3) is 0 Å². The van der Waals surface area contributed by atoms with Crippen LogP contribution < -0.4 is 5.73 Å². The number of methoxy groups -OCH3 is 1. The predicted octanol–water partition coefficient (Wildman–Crippen LogP) is 3.77. The molecule has 2 N–H and O–H groups in total. The largest absolute Gasteiger partial charge is 0.416 e. The van der Waals surface area contributed by atoms with Crippen molar-refractivity contribution in [2.75, 3.05) is 7.11 Å². The molecule has 0 aliphatic heterocycles. The van der Waals surface area contributed by atoms with Crippen molar-refractivity contribution in [2.45, 2.75) is 39.1 Å². The standard InChI is InChI=1S/C14H20F3NO/c1-13(2,3)12(19-4)11(18)9-6-5-7-10(8-9)14(15,16)17/h5-8,11-12H,18H2,1-4H3. The van der Waals surface area contributed by atoms with Gasteiger partial charge in [0, 0.05) is 7.11 Å². The lowest BCUT2D eigenvalue weighted by atomic mass is 9.82. The molecule has 0 heterocycles. The fourth-order valence-corrected chi connectivity index (χ4v) is 2.14. The molecule has 108 valence electrons. The van der Waals surface area contributed by atoms with Gasteiger partial charge in [0.1, 0.15) is 0 Å². The van der Waals surface area contributed by atoms with Crippen molar-refractivity contribution in [1.29, 1.82) is 0 Å². The molecule has 2 atom stereocenters. The molecule has 2 nitrogen and oxygen atoms in total. The van der Waals surface area contributed by atoms with Crippen molar-refractivity contribution in [3.63, 3.8) is 0 Å². The van der Waals surface area contributed by atoms with Crippen molar-refractivity contribution in [1.82, 2.24) is 0 Å². The van der Waals surface area contributed by atoms with Gasteiger partial charge in [-0.15, -0.1) is 0 Å². The second-order valence-electron chi connectivity index (χ2n) is 5.67. The lowest BCUT2D eigenvalue weighted by molar-refractivity contribution is -0.137. The Morgan fingerprint density at radius 2 is 1.74 bits per heavy atom. The summed E-state index contributed by atoms with van der Waals surface area (Å²) in [6.45, 7) is 5.82. The third-order valence-corrected chi connectivity index (χ3v) is 3.03. The molecular formula is C14H20F3NO. The number of hydrogen-bond donors (Lipinski definition) is 1. The van der Waals surface area contributed by atoms with Crippen LogP contribution in [-0.4, -0.2) is 13.2 Å². The van der Waals surface area contributed by atoms with E-state index in [1.807, 2.05) is 20.8 Å². The first-order valence-electron chi connectivity index (χ1n) is 6.03. The van der Waals surface area contributed by atoms with Crippen LogP contribution in [0, 0.1) is 5.41 Å². The van der Waals surface area contributed by atoms with Gasteiger partial charge in [-0.3, -0.25) is 0 Å². The van der Waals surface area contributed by atoms with E-state index >= 15 is 0 Å². The average Bonchev–Trinajstić information content (AvgIpc) is 2.27. The molecule has 0 spiro atoms. The van der Waals surface area contributed by atoms with Crippen molar-refractivity contribution < 1.29 is 17.9 Å². The molecule has 2 unspecified atom stereocenters. The second-order valence-corrected chi connectivity index (χ2v) is 5.67. The molecule has 1 rings (SSSR count). The van der Waals surface area contributed by atoms with Crippen LogP contribution in [0.15, 0.2) is 24.3 Å². The Kier molecular flexibility index (Phi) is 4.63. The van der Waals surface area contributed by atoms with Crippen LogP contribution in [0.25, 0.3) is 0 Å².